The molecule has 0 atom stereocenters. The number of rotatable bonds is 4. The summed E-state index contributed by atoms with van der Waals surface area (Å²) in [6.45, 7) is 0. The van der Waals surface area contributed by atoms with E-state index in [0.717, 1.165) is 0 Å². The molecule has 0 aliphatic heterocycles. The van der Waals surface area contributed by atoms with Crippen LogP contribution in [0.5, 0.6) is 0 Å². The van der Waals surface area contributed by atoms with Gasteiger partial charge in [-0.25, -0.2) is 0 Å². The molecule has 2 aromatic carbocycles. The molecule has 0 bridgehead atoms. The molecule has 0 aliphatic carbocycles. The SMILES string of the molecule is O=S(=O)(O)c1ccc(N=NN([O-])c2ccccc2)cc1. The van der Waals surface area contributed by atoms with Crippen molar-refractivity contribution in [1.82, 2.24) is 0 Å². The summed E-state index contributed by atoms with van der Waals surface area (Å²) < 4.78 is 30.5. The van der Waals surface area contributed by atoms with Crippen LogP contribution in [-0.2, 0) is 10.1 Å². The van der Waals surface area contributed by atoms with E-state index in [1.807, 2.05) is 0 Å². The minimum atomic E-state index is -4.24. The van der Waals surface area contributed by atoms with Crippen molar-refractivity contribution in [3.8, 4) is 0 Å². The molecule has 8 heteroatoms. The summed E-state index contributed by atoms with van der Waals surface area (Å²) in [5, 5.41) is 19.0. The van der Waals surface area contributed by atoms with Gasteiger partial charge < -0.3 is 10.4 Å². The Hall–Kier alpha value is -2.29. The summed E-state index contributed by atoms with van der Waals surface area (Å²) in [4.78, 5) is -0.251. The Labute approximate surface area is 115 Å². The Bertz CT molecular complexity index is 699. The third-order valence-corrected chi connectivity index (χ3v) is 3.22. The van der Waals surface area contributed by atoms with Gasteiger partial charge in [0.15, 0.2) is 0 Å². The van der Waals surface area contributed by atoms with Crippen molar-refractivity contribution in [2.75, 3.05) is 5.17 Å². The highest BCUT2D eigenvalue weighted by atomic mass is 32.2. The molecule has 0 radical (unpaired) electrons. The van der Waals surface area contributed by atoms with Crippen molar-refractivity contribution in [3.63, 3.8) is 0 Å². The molecular formula is C12H10N3O4S-. The van der Waals surface area contributed by atoms with E-state index in [4.69, 9.17) is 4.55 Å². The molecule has 0 aliphatic rings. The van der Waals surface area contributed by atoms with E-state index >= 15 is 0 Å². The Morgan fingerprint density at radius 1 is 1.00 bits per heavy atom. The smallest absolute Gasteiger partial charge is 0.294 e. The third kappa shape index (κ3) is 3.60. The van der Waals surface area contributed by atoms with Crippen molar-refractivity contribution in [1.29, 1.82) is 0 Å². The van der Waals surface area contributed by atoms with Gasteiger partial charge in [-0.1, -0.05) is 23.4 Å². The molecule has 0 aromatic heterocycles. The van der Waals surface area contributed by atoms with Gasteiger partial charge in [0.2, 0.25) is 0 Å². The second-order valence-electron chi connectivity index (χ2n) is 3.77. The van der Waals surface area contributed by atoms with Crippen molar-refractivity contribution in [3.05, 3.63) is 59.8 Å². The van der Waals surface area contributed by atoms with E-state index in [9.17, 15) is 13.6 Å². The lowest BCUT2D eigenvalue weighted by Gasteiger charge is -2.21. The topological polar surface area (TPSA) is 105 Å². The van der Waals surface area contributed by atoms with Crippen molar-refractivity contribution in [2.24, 2.45) is 10.3 Å². The largest absolute Gasteiger partial charge is 0.736 e. The van der Waals surface area contributed by atoms with Crippen LogP contribution < -0.4 is 5.17 Å². The Kier molecular flexibility index (Phi) is 4.08. The number of nitrogens with zero attached hydrogens (tertiary/aromatic N) is 3. The van der Waals surface area contributed by atoms with Crippen LogP contribution in [0.25, 0.3) is 0 Å². The fraction of sp³-hybridized carbons (Fsp3) is 0. The van der Waals surface area contributed by atoms with E-state index in [1.54, 1.807) is 30.3 Å². The molecule has 0 fully saturated rings. The molecule has 0 saturated carbocycles. The summed E-state index contributed by atoms with van der Waals surface area (Å²) in [6, 6.07) is 13.3. The zero-order valence-corrected chi connectivity index (χ0v) is 10.9. The lowest BCUT2D eigenvalue weighted by atomic mass is 10.3. The number of hydrogen-bond acceptors (Lipinski definition) is 5. The zero-order valence-electron chi connectivity index (χ0n) is 10.1. The zero-order chi connectivity index (χ0) is 14.6. The first kappa shape index (κ1) is 14.1. The lowest BCUT2D eigenvalue weighted by Crippen LogP contribution is -2.03. The summed E-state index contributed by atoms with van der Waals surface area (Å²) in [5.74, 6) is 0. The molecule has 7 nitrogen and oxygen atoms in total. The highest BCUT2D eigenvalue weighted by Crippen LogP contribution is 2.18. The average Bonchev–Trinajstić information content (AvgIpc) is 2.45. The number of benzene rings is 2. The molecule has 0 spiro atoms. The maximum atomic E-state index is 11.6. The first-order valence-electron chi connectivity index (χ1n) is 5.48. The summed E-state index contributed by atoms with van der Waals surface area (Å²) >= 11 is 0. The van der Waals surface area contributed by atoms with Crippen LogP contribution in [0.4, 0.5) is 11.4 Å². The quantitative estimate of drug-likeness (QED) is 0.530. The monoisotopic (exact) mass is 292 g/mol. The van der Waals surface area contributed by atoms with Crippen LogP contribution in [0.15, 0.2) is 69.8 Å². The molecule has 0 amide bonds. The number of hydrogen-bond donors (Lipinski definition) is 1. The van der Waals surface area contributed by atoms with Crippen LogP contribution in [-0.4, -0.2) is 13.0 Å². The molecule has 1 N–H and O–H groups in total. The van der Waals surface area contributed by atoms with E-state index in [2.05, 4.69) is 10.3 Å². The molecule has 20 heavy (non-hydrogen) atoms. The van der Waals surface area contributed by atoms with Crippen LogP contribution in [0, 0.1) is 5.21 Å². The van der Waals surface area contributed by atoms with Gasteiger partial charge in [-0.05, 0) is 36.4 Å². The molecule has 2 rings (SSSR count). The van der Waals surface area contributed by atoms with Crippen LogP contribution >= 0.6 is 0 Å². The molecule has 2 aromatic rings. The lowest BCUT2D eigenvalue weighted by molar-refractivity contribution is 0.483. The van der Waals surface area contributed by atoms with Crippen molar-refractivity contribution < 1.29 is 13.0 Å². The third-order valence-electron chi connectivity index (χ3n) is 2.35. The molecule has 0 unspecified atom stereocenters. The van der Waals surface area contributed by atoms with Gasteiger partial charge in [-0.2, -0.15) is 8.42 Å². The summed E-state index contributed by atoms with van der Waals surface area (Å²) in [5.41, 5.74) is 0.611. The van der Waals surface area contributed by atoms with Crippen LogP contribution in [0.2, 0.25) is 0 Å². The maximum absolute atomic E-state index is 11.6. The van der Waals surface area contributed by atoms with Crippen LogP contribution in [0.1, 0.15) is 0 Å². The second-order valence-corrected chi connectivity index (χ2v) is 5.19. The van der Waals surface area contributed by atoms with Gasteiger partial charge in [0.1, 0.15) is 0 Å². The highest BCUT2D eigenvalue weighted by Gasteiger charge is 2.07. The fourth-order valence-electron chi connectivity index (χ4n) is 1.38. The summed E-state index contributed by atoms with van der Waals surface area (Å²) in [7, 11) is -4.24. The van der Waals surface area contributed by atoms with E-state index in [-0.39, 0.29) is 10.6 Å². The second kappa shape index (κ2) is 5.78. The van der Waals surface area contributed by atoms with Crippen LogP contribution in [0.3, 0.4) is 0 Å². The molecular weight excluding hydrogens is 282 g/mol. The maximum Gasteiger partial charge on any atom is 0.294 e. The number of anilines is 1. The van der Waals surface area contributed by atoms with Crippen molar-refractivity contribution >= 4 is 21.5 Å². The predicted molar refractivity (Wildman–Crippen MR) is 73.1 cm³/mol. The number of para-hydroxylation sites is 1. The Morgan fingerprint density at radius 2 is 1.60 bits per heavy atom. The van der Waals surface area contributed by atoms with E-state index < -0.39 is 10.1 Å². The molecule has 0 saturated heterocycles. The standard InChI is InChI=1S/C12H10N3O4S/c16-15(11-4-2-1-3-5-11)14-13-10-6-8-12(9-7-10)20(17,18)19/h1-9H,(H,17,18,19)/q-1. The Balaban J connectivity index is 2.12. The van der Waals surface area contributed by atoms with E-state index in [1.165, 1.54) is 24.3 Å². The van der Waals surface area contributed by atoms with Gasteiger partial charge in [0, 0.05) is 5.69 Å². The predicted octanol–water partition coefficient (Wildman–Crippen LogP) is 2.94. The average molecular weight is 292 g/mol. The minimum absolute atomic E-state index is 0.251. The van der Waals surface area contributed by atoms with Gasteiger partial charge >= 0.3 is 0 Å². The minimum Gasteiger partial charge on any atom is -0.736 e. The van der Waals surface area contributed by atoms with Gasteiger partial charge in [-0.15, -0.1) is 5.11 Å². The molecule has 0 heterocycles. The van der Waals surface area contributed by atoms with Crippen molar-refractivity contribution in [2.45, 2.75) is 4.90 Å². The fourth-order valence-corrected chi connectivity index (χ4v) is 1.86. The molecule has 104 valence electrons. The first-order chi connectivity index (χ1) is 9.47. The Morgan fingerprint density at radius 3 is 2.15 bits per heavy atom. The van der Waals surface area contributed by atoms with Gasteiger partial charge in [0.25, 0.3) is 10.1 Å². The summed E-state index contributed by atoms with van der Waals surface area (Å²) in [6.07, 6.45) is 0. The highest BCUT2D eigenvalue weighted by molar-refractivity contribution is 7.85. The van der Waals surface area contributed by atoms with E-state index in [0.29, 0.717) is 10.9 Å². The van der Waals surface area contributed by atoms with Gasteiger partial charge in [0.05, 0.1) is 10.6 Å². The normalized spacial score (nSPS) is 11.7. The first-order valence-corrected chi connectivity index (χ1v) is 6.92. The van der Waals surface area contributed by atoms with Gasteiger partial charge in [-0.3, -0.25) is 4.55 Å².